The van der Waals surface area contributed by atoms with Crippen LogP contribution in [0.15, 0.2) is 54.6 Å². The summed E-state index contributed by atoms with van der Waals surface area (Å²) in [5.41, 5.74) is 23.5. The average molecular weight is 494 g/mol. The van der Waals surface area contributed by atoms with E-state index < -0.39 is 11.6 Å². The molecule has 0 radical (unpaired) electrons. The van der Waals surface area contributed by atoms with Gasteiger partial charge in [0.1, 0.15) is 11.5 Å². The molecule has 6 N–H and O–H groups in total. The molecule has 0 aromatic heterocycles. The molecule has 0 saturated heterocycles. The summed E-state index contributed by atoms with van der Waals surface area (Å²) in [5, 5.41) is 0. The lowest BCUT2D eigenvalue weighted by molar-refractivity contribution is 0.0980. The van der Waals surface area contributed by atoms with Crippen LogP contribution in [0.25, 0.3) is 0 Å². The molecular formula is C30H27N3O4. The Morgan fingerprint density at radius 3 is 1.57 bits per heavy atom. The van der Waals surface area contributed by atoms with E-state index >= 15 is 0 Å². The summed E-state index contributed by atoms with van der Waals surface area (Å²) in [7, 11) is 0. The molecule has 7 heteroatoms. The van der Waals surface area contributed by atoms with Crippen LogP contribution in [0.4, 0.5) is 17.1 Å². The topological polar surface area (TPSA) is 131 Å². The molecule has 0 fully saturated rings. The lowest BCUT2D eigenvalue weighted by Crippen LogP contribution is -2.25. The second kappa shape index (κ2) is 8.71. The van der Waals surface area contributed by atoms with Gasteiger partial charge >= 0.3 is 0 Å². The number of carbonyl (C=O) groups excluding carboxylic acids is 2. The molecule has 0 unspecified atom stereocenters. The van der Waals surface area contributed by atoms with Gasteiger partial charge in [-0.2, -0.15) is 0 Å². The third-order valence-corrected chi connectivity index (χ3v) is 6.34. The maximum absolute atomic E-state index is 13.7. The number of carbonyl (C=O) groups is 2. The predicted molar refractivity (Wildman–Crippen MR) is 145 cm³/mol. The number of hydrogen-bond acceptors (Lipinski definition) is 7. The summed E-state index contributed by atoms with van der Waals surface area (Å²) in [6, 6.07) is 16.0. The Bertz CT molecular complexity index is 1600. The molecule has 0 heterocycles. The largest absolute Gasteiger partial charge is 0.455 e. The molecule has 7 nitrogen and oxygen atoms in total. The molecular weight excluding hydrogens is 466 g/mol. The highest BCUT2D eigenvalue weighted by Gasteiger charge is 2.37. The van der Waals surface area contributed by atoms with Crippen molar-refractivity contribution in [1.29, 1.82) is 0 Å². The molecule has 4 aromatic carbocycles. The van der Waals surface area contributed by atoms with Crippen molar-refractivity contribution in [2.75, 3.05) is 17.2 Å². The van der Waals surface area contributed by atoms with Crippen LogP contribution in [0, 0.1) is 27.7 Å². The Labute approximate surface area is 214 Å². The van der Waals surface area contributed by atoms with Crippen molar-refractivity contribution < 1.29 is 19.1 Å². The summed E-state index contributed by atoms with van der Waals surface area (Å²) in [6.07, 6.45) is 0. The van der Waals surface area contributed by atoms with E-state index in [-0.39, 0.29) is 50.8 Å². The smallest absolute Gasteiger partial charge is 0.198 e. The SMILES string of the molecule is Cc1cc(C)cc(Oc2ccc3c(c2N)C(=O)c2c(N)cc(Oc4cc(C)cc(C)c4)c(N)c2C3=O)c1. The van der Waals surface area contributed by atoms with Crippen LogP contribution in [0.1, 0.15) is 54.1 Å². The van der Waals surface area contributed by atoms with Gasteiger partial charge in [-0.3, -0.25) is 9.59 Å². The fourth-order valence-corrected chi connectivity index (χ4v) is 4.88. The van der Waals surface area contributed by atoms with Gasteiger partial charge in [0.15, 0.2) is 23.1 Å². The van der Waals surface area contributed by atoms with Crippen LogP contribution < -0.4 is 26.7 Å². The van der Waals surface area contributed by atoms with E-state index in [0.717, 1.165) is 22.3 Å². The summed E-state index contributed by atoms with van der Waals surface area (Å²) in [6.45, 7) is 7.82. The van der Waals surface area contributed by atoms with Gasteiger partial charge in [0.25, 0.3) is 0 Å². The van der Waals surface area contributed by atoms with E-state index in [1.165, 1.54) is 12.1 Å². The van der Waals surface area contributed by atoms with Gasteiger partial charge in [-0.1, -0.05) is 12.1 Å². The molecule has 0 atom stereocenters. The number of hydrogen-bond donors (Lipinski definition) is 3. The second-order valence-corrected chi connectivity index (χ2v) is 9.54. The predicted octanol–water partition coefficient (Wildman–Crippen LogP) is 6.03. The van der Waals surface area contributed by atoms with Crippen LogP contribution in [0.3, 0.4) is 0 Å². The van der Waals surface area contributed by atoms with E-state index in [4.69, 9.17) is 26.7 Å². The van der Waals surface area contributed by atoms with Crippen LogP contribution in [-0.4, -0.2) is 11.6 Å². The van der Waals surface area contributed by atoms with Crippen LogP contribution in [-0.2, 0) is 0 Å². The van der Waals surface area contributed by atoms with Crippen LogP contribution in [0.5, 0.6) is 23.0 Å². The molecule has 0 amide bonds. The Hall–Kier alpha value is -4.78. The van der Waals surface area contributed by atoms with Gasteiger partial charge in [-0.15, -0.1) is 0 Å². The molecule has 5 rings (SSSR count). The number of nitrogens with two attached hydrogens (primary N) is 3. The van der Waals surface area contributed by atoms with E-state index in [0.29, 0.717) is 11.5 Å². The van der Waals surface area contributed by atoms with Gasteiger partial charge in [-0.25, -0.2) is 0 Å². The van der Waals surface area contributed by atoms with Gasteiger partial charge in [0.05, 0.1) is 28.1 Å². The lowest BCUT2D eigenvalue weighted by Gasteiger charge is -2.24. The third kappa shape index (κ3) is 4.14. The highest BCUT2D eigenvalue weighted by atomic mass is 16.5. The van der Waals surface area contributed by atoms with Crippen molar-refractivity contribution in [2.24, 2.45) is 0 Å². The standard InChI is InChI=1S/C30H27N3O4/c1-14-7-15(2)10-18(9-14)36-22-6-5-20-24(27(22)32)30(35)25-21(31)13-23(28(33)26(25)29(20)34)37-19-11-16(3)8-17(4)12-19/h5-13H,31-33H2,1-4H3. The first-order chi connectivity index (χ1) is 17.5. The molecule has 0 spiro atoms. The number of aryl methyl sites for hydroxylation is 4. The van der Waals surface area contributed by atoms with Gasteiger partial charge in [0.2, 0.25) is 0 Å². The highest BCUT2D eigenvalue weighted by Crippen LogP contribution is 2.44. The first-order valence-electron chi connectivity index (χ1n) is 11.8. The van der Waals surface area contributed by atoms with Crippen LogP contribution in [0.2, 0.25) is 0 Å². The van der Waals surface area contributed by atoms with Gasteiger partial charge < -0.3 is 26.7 Å². The molecule has 0 bridgehead atoms. The Morgan fingerprint density at radius 2 is 1.03 bits per heavy atom. The highest BCUT2D eigenvalue weighted by molar-refractivity contribution is 6.33. The maximum atomic E-state index is 13.7. The van der Waals surface area contributed by atoms with E-state index in [9.17, 15) is 9.59 Å². The van der Waals surface area contributed by atoms with Gasteiger partial charge in [-0.05, 0) is 86.3 Å². The first-order valence-corrected chi connectivity index (χ1v) is 11.8. The van der Waals surface area contributed by atoms with E-state index in [2.05, 4.69) is 0 Å². The number of ether oxygens (including phenoxy) is 2. The lowest BCUT2D eigenvalue weighted by atomic mass is 9.81. The van der Waals surface area contributed by atoms with Crippen molar-refractivity contribution in [3.8, 4) is 23.0 Å². The fourth-order valence-electron chi connectivity index (χ4n) is 4.88. The zero-order chi connectivity index (χ0) is 26.6. The number of fused-ring (bicyclic) bond motifs is 2. The normalized spacial score (nSPS) is 12.2. The first kappa shape index (κ1) is 23.9. The number of rotatable bonds is 4. The summed E-state index contributed by atoms with van der Waals surface area (Å²) >= 11 is 0. The number of nitrogen functional groups attached to an aromatic ring is 3. The number of benzene rings is 4. The summed E-state index contributed by atoms with van der Waals surface area (Å²) in [5.74, 6) is 0.662. The maximum Gasteiger partial charge on any atom is 0.198 e. The van der Waals surface area contributed by atoms with Crippen molar-refractivity contribution in [1.82, 2.24) is 0 Å². The zero-order valence-electron chi connectivity index (χ0n) is 21.1. The third-order valence-electron chi connectivity index (χ3n) is 6.34. The molecule has 37 heavy (non-hydrogen) atoms. The fraction of sp³-hybridized carbons (Fsp3) is 0.133. The minimum absolute atomic E-state index is 0.0121. The van der Waals surface area contributed by atoms with Crippen molar-refractivity contribution >= 4 is 28.6 Å². The quantitative estimate of drug-likeness (QED) is 0.261. The van der Waals surface area contributed by atoms with E-state index in [1.807, 2.05) is 64.1 Å². The Kier molecular flexibility index (Phi) is 5.63. The molecule has 1 aliphatic carbocycles. The number of ketones is 2. The van der Waals surface area contributed by atoms with Crippen LogP contribution >= 0.6 is 0 Å². The minimum Gasteiger partial charge on any atom is -0.455 e. The molecule has 4 aromatic rings. The monoisotopic (exact) mass is 493 g/mol. The summed E-state index contributed by atoms with van der Waals surface area (Å²) in [4.78, 5) is 27.3. The molecule has 0 aliphatic heterocycles. The second-order valence-electron chi connectivity index (χ2n) is 9.54. The van der Waals surface area contributed by atoms with Crippen molar-refractivity contribution in [3.63, 3.8) is 0 Å². The Morgan fingerprint density at radius 1 is 0.541 bits per heavy atom. The summed E-state index contributed by atoms with van der Waals surface area (Å²) < 4.78 is 12.0. The van der Waals surface area contributed by atoms with Gasteiger partial charge in [0, 0.05) is 17.3 Å². The average Bonchev–Trinajstić information content (AvgIpc) is 2.79. The molecule has 186 valence electrons. The number of anilines is 3. The Balaban J connectivity index is 1.58. The minimum atomic E-state index is -0.491. The van der Waals surface area contributed by atoms with Crippen molar-refractivity contribution in [3.05, 3.63) is 99.1 Å². The zero-order valence-corrected chi connectivity index (χ0v) is 21.1. The molecule has 1 aliphatic rings. The van der Waals surface area contributed by atoms with E-state index in [1.54, 1.807) is 6.07 Å². The van der Waals surface area contributed by atoms with Crippen molar-refractivity contribution in [2.45, 2.75) is 27.7 Å². The molecule has 0 saturated carbocycles.